The molecule has 7 nitrogen and oxygen atoms in total. The predicted octanol–water partition coefficient (Wildman–Crippen LogP) is 5.65. The molecule has 1 saturated carbocycles. The van der Waals surface area contributed by atoms with Crippen molar-refractivity contribution in [3.63, 3.8) is 0 Å². The van der Waals surface area contributed by atoms with Gasteiger partial charge in [0.05, 0.1) is 16.9 Å². The van der Waals surface area contributed by atoms with Gasteiger partial charge in [-0.25, -0.2) is 9.97 Å². The summed E-state index contributed by atoms with van der Waals surface area (Å²) in [4.78, 5) is 25.3. The van der Waals surface area contributed by atoms with Gasteiger partial charge in [0.25, 0.3) is 5.91 Å². The van der Waals surface area contributed by atoms with Gasteiger partial charge in [-0.2, -0.15) is 0 Å². The highest BCUT2D eigenvalue weighted by atomic mass is 35.5. The molecule has 180 valence electrons. The molecule has 0 aliphatic heterocycles. The van der Waals surface area contributed by atoms with Gasteiger partial charge >= 0.3 is 0 Å². The number of carbonyl (C=O) groups is 1. The third kappa shape index (κ3) is 5.10. The molecule has 2 aromatic carbocycles. The van der Waals surface area contributed by atoms with Crippen LogP contribution in [0.1, 0.15) is 43.5 Å². The summed E-state index contributed by atoms with van der Waals surface area (Å²) >= 11 is 6.50. The predicted molar refractivity (Wildman–Crippen MR) is 141 cm³/mol. The standard InChI is InChI=1S/C27H29ClN6O/c1-27(2)12-18(32-25(35)16-7-9-17(29)10-8-16)11-19(13-27)33-26-31-15-22(28)24(34-26)21-14-30-23-6-4-3-5-20(21)23/h3-10,14-15,18-19,30H,11-13,29H2,1-2H3,(H,32,35)(H,31,33,34). The summed E-state index contributed by atoms with van der Waals surface area (Å²) in [6.45, 7) is 4.45. The highest BCUT2D eigenvalue weighted by Gasteiger charge is 2.35. The summed E-state index contributed by atoms with van der Waals surface area (Å²) in [7, 11) is 0. The second-order valence-corrected chi connectivity index (χ2v) is 10.5. The maximum absolute atomic E-state index is 12.8. The van der Waals surface area contributed by atoms with Crippen LogP contribution >= 0.6 is 11.6 Å². The smallest absolute Gasteiger partial charge is 0.251 e. The van der Waals surface area contributed by atoms with Gasteiger partial charge in [-0.1, -0.05) is 43.6 Å². The van der Waals surface area contributed by atoms with Crippen LogP contribution in [0.5, 0.6) is 0 Å². The number of hydrogen-bond acceptors (Lipinski definition) is 5. The Morgan fingerprint density at radius 3 is 2.66 bits per heavy atom. The van der Waals surface area contributed by atoms with Gasteiger partial charge in [0.1, 0.15) is 0 Å². The zero-order valence-electron chi connectivity index (χ0n) is 19.8. The average Bonchev–Trinajstić information content (AvgIpc) is 3.24. The van der Waals surface area contributed by atoms with E-state index in [1.165, 1.54) is 0 Å². The van der Waals surface area contributed by atoms with Crippen LogP contribution in [0, 0.1) is 5.41 Å². The number of aromatic nitrogens is 3. The van der Waals surface area contributed by atoms with Gasteiger partial charge in [-0.05, 0) is 55.0 Å². The van der Waals surface area contributed by atoms with Gasteiger partial charge in [-0.3, -0.25) is 4.79 Å². The number of fused-ring (bicyclic) bond motifs is 1. The van der Waals surface area contributed by atoms with E-state index in [9.17, 15) is 4.79 Å². The number of nitrogens with zero attached hydrogens (tertiary/aromatic N) is 2. The molecule has 2 unspecified atom stereocenters. The number of anilines is 2. The van der Waals surface area contributed by atoms with Crippen molar-refractivity contribution in [3.8, 4) is 11.3 Å². The van der Waals surface area contributed by atoms with E-state index in [1.807, 2.05) is 30.5 Å². The molecule has 35 heavy (non-hydrogen) atoms. The number of nitrogens with one attached hydrogen (secondary N) is 3. The number of rotatable bonds is 5. The number of para-hydroxylation sites is 1. The van der Waals surface area contributed by atoms with Crippen molar-refractivity contribution in [2.24, 2.45) is 5.41 Å². The molecule has 1 aliphatic carbocycles. The molecule has 1 fully saturated rings. The van der Waals surface area contributed by atoms with Crippen molar-refractivity contribution in [3.05, 3.63) is 71.5 Å². The van der Waals surface area contributed by atoms with Crippen molar-refractivity contribution >= 4 is 40.0 Å². The first-order valence-electron chi connectivity index (χ1n) is 11.8. The number of halogens is 1. The van der Waals surface area contributed by atoms with Gasteiger partial charge in [0.2, 0.25) is 5.95 Å². The first-order valence-corrected chi connectivity index (χ1v) is 12.2. The number of nitrogen functional groups attached to an aromatic ring is 1. The lowest BCUT2D eigenvalue weighted by atomic mass is 9.72. The van der Waals surface area contributed by atoms with E-state index in [2.05, 4.69) is 34.4 Å². The van der Waals surface area contributed by atoms with Crippen LogP contribution in [0.4, 0.5) is 11.6 Å². The Labute approximate surface area is 209 Å². The Bertz CT molecular complexity index is 1360. The fourth-order valence-electron chi connectivity index (χ4n) is 5.13. The minimum atomic E-state index is -0.0872. The summed E-state index contributed by atoms with van der Waals surface area (Å²) in [6.07, 6.45) is 6.18. The summed E-state index contributed by atoms with van der Waals surface area (Å²) in [5, 5.41) is 8.27. The minimum Gasteiger partial charge on any atom is -0.399 e. The van der Waals surface area contributed by atoms with E-state index in [0.29, 0.717) is 27.9 Å². The Morgan fingerprint density at radius 2 is 1.86 bits per heavy atom. The van der Waals surface area contributed by atoms with E-state index < -0.39 is 0 Å². The second-order valence-electron chi connectivity index (χ2n) is 10.1. The van der Waals surface area contributed by atoms with Crippen molar-refractivity contribution < 1.29 is 4.79 Å². The molecule has 0 bridgehead atoms. The second kappa shape index (κ2) is 9.23. The van der Waals surface area contributed by atoms with E-state index in [1.54, 1.807) is 30.5 Å². The maximum Gasteiger partial charge on any atom is 0.251 e. The summed E-state index contributed by atoms with van der Waals surface area (Å²) in [5.41, 5.74) is 9.70. The summed E-state index contributed by atoms with van der Waals surface area (Å²) in [6, 6.07) is 15.2. The molecule has 2 heterocycles. The monoisotopic (exact) mass is 488 g/mol. The van der Waals surface area contributed by atoms with Crippen LogP contribution in [0.25, 0.3) is 22.2 Å². The lowest BCUT2D eigenvalue weighted by Gasteiger charge is -2.40. The Morgan fingerprint density at radius 1 is 1.11 bits per heavy atom. The Hall–Kier alpha value is -3.58. The molecular weight excluding hydrogens is 460 g/mol. The molecule has 1 aliphatic rings. The van der Waals surface area contributed by atoms with Gasteiger partial charge in [0, 0.05) is 46.0 Å². The first kappa shape index (κ1) is 23.2. The summed E-state index contributed by atoms with van der Waals surface area (Å²) in [5.74, 6) is 0.441. The van der Waals surface area contributed by atoms with E-state index in [4.69, 9.17) is 22.3 Å². The van der Waals surface area contributed by atoms with Crippen LogP contribution in [0.3, 0.4) is 0 Å². The highest BCUT2D eigenvalue weighted by Crippen LogP contribution is 2.37. The Kier molecular flexibility index (Phi) is 6.11. The third-order valence-corrected chi connectivity index (χ3v) is 6.87. The van der Waals surface area contributed by atoms with E-state index in [-0.39, 0.29) is 23.4 Å². The van der Waals surface area contributed by atoms with Crippen LogP contribution in [-0.4, -0.2) is 32.9 Å². The third-order valence-electron chi connectivity index (χ3n) is 6.60. The molecule has 5 N–H and O–H groups in total. The van der Waals surface area contributed by atoms with Crippen LogP contribution in [0.15, 0.2) is 60.9 Å². The number of nitrogens with two attached hydrogens (primary N) is 1. The summed E-state index contributed by atoms with van der Waals surface area (Å²) < 4.78 is 0. The van der Waals surface area contributed by atoms with E-state index in [0.717, 1.165) is 35.7 Å². The number of H-pyrrole nitrogens is 1. The van der Waals surface area contributed by atoms with Gasteiger partial charge in [0.15, 0.2) is 0 Å². The van der Waals surface area contributed by atoms with Crippen molar-refractivity contribution in [2.45, 2.75) is 45.2 Å². The van der Waals surface area contributed by atoms with Crippen LogP contribution in [0.2, 0.25) is 5.02 Å². The number of amides is 1. The first-order chi connectivity index (χ1) is 16.8. The number of hydrogen-bond donors (Lipinski definition) is 4. The fourth-order valence-corrected chi connectivity index (χ4v) is 5.32. The minimum absolute atomic E-state index is 0.0293. The fraction of sp³-hybridized carbons (Fsp3) is 0.296. The van der Waals surface area contributed by atoms with Crippen LogP contribution < -0.4 is 16.4 Å². The normalized spacial score (nSPS) is 19.4. The molecule has 2 aromatic heterocycles. The molecule has 0 radical (unpaired) electrons. The van der Waals surface area contributed by atoms with Crippen molar-refractivity contribution in [1.82, 2.24) is 20.3 Å². The van der Waals surface area contributed by atoms with Gasteiger partial charge in [-0.15, -0.1) is 0 Å². The maximum atomic E-state index is 12.8. The topological polar surface area (TPSA) is 109 Å². The SMILES string of the molecule is CC1(C)CC(NC(=O)c2ccc(N)cc2)CC(Nc2ncc(Cl)c(-c3c[nH]c4ccccc34)n2)C1. The number of benzene rings is 2. The molecule has 0 spiro atoms. The van der Waals surface area contributed by atoms with Gasteiger partial charge < -0.3 is 21.4 Å². The molecule has 5 rings (SSSR count). The zero-order chi connectivity index (χ0) is 24.6. The lowest BCUT2D eigenvalue weighted by molar-refractivity contribution is 0.0897. The molecular formula is C27H29ClN6O. The molecule has 0 saturated heterocycles. The largest absolute Gasteiger partial charge is 0.399 e. The Balaban J connectivity index is 1.34. The zero-order valence-corrected chi connectivity index (χ0v) is 20.6. The molecule has 1 amide bonds. The lowest BCUT2D eigenvalue weighted by Crippen LogP contribution is -2.47. The number of aromatic amines is 1. The highest BCUT2D eigenvalue weighted by molar-refractivity contribution is 6.33. The molecule has 4 aromatic rings. The van der Waals surface area contributed by atoms with Crippen molar-refractivity contribution in [2.75, 3.05) is 11.1 Å². The van der Waals surface area contributed by atoms with Crippen molar-refractivity contribution in [1.29, 1.82) is 0 Å². The quantitative estimate of drug-likeness (QED) is 0.271. The number of carbonyl (C=O) groups excluding carboxylic acids is 1. The van der Waals surface area contributed by atoms with Crippen LogP contribution in [-0.2, 0) is 0 Å². The molecule has 2 atom stereocenters. The van der Waals surface area contributed by atoms with E-state index >= 15 is 0 Å². The average molecular weight is 489 g/mol. The molecule has 8 heteroatoms.